The summed E-state index contributed by atoms with van der Waals surface area (Å²) in [6.45, 7) is 6.90. The van der Waals surface area contributed by atoms with Crippen LogP contribution in [0.1, 0.15) is 23.7 Å². The molecule has 8 heteroatoms. The maximum atomic E-state index is 12.4. The van der Waals surface area contributed by atoms with Crippen LogP contribution in [0.5, 0.6) is 5.75 Å². The molecule has 0 saturated heterocycles. The number of nitrogens with zero attached hydrogens (tertiary/aromatic N) is 3. The van der Waals surface area contributed by atoms with Crippen LogP contribution in [-0.4, -0.2) is 28.0 Å². The fourth-order valence-electron chi connectivity index (χ4n) is 3.26. The van der Waals surface area contributed by atoms with E-state index in [1.54, 1.807) is 7.11 Å². The molecule has 0 saturated carbocycles. The maximum Gasteiger partial charge on any atom is 0.412 e. The summed E-state index contributed by atoms with van der Waals surface area (Å²) in [5.74, 6) is 0.754. The summed E-state index contributed by atoms with van der Waals surface area (Å²) < 4.78 is 12.8. The Bertz CT molecular complexity index is 1250. The normalized spacial score (nSPS) is 11.0. The summed E-state index contributed by atoms with van der Waals surface area (Å²) in [6.07, 6.45) is 1.47. The van der Waals surface area contributed by atoms with Gasteiger partial charge < -0.3 is 9.47 Å². The van der Waals surface area contributed by atoms with Gasteiger partial charge in [-0.15, -0.1) is 0 Å². The van der Waals surface area contributed by atoms with Gasteiger partial charge in [-0.25, -0.2) is 9.78 Å². The average Bonchev–Trinajstić information content (AvgIpc) is 3.34. The van der Waals surface area contributed by atoms with Crippen molar-refractivity contribution in [2.24, 2.45) is 0 Å². The monoisotopic (exact) mass is 436 g/mol. The third kappa shape index (κ3) is 4.54. The lowest BCUT2D eigenvalue weighted by atomic mass is 10.1. The Morgan fingerprint density at radius 1 is 1.19 bits per heavy atom. The van der Waals surface area contributed by atoms with E-state index < -0.39 is 6.09 Å². The molecule has 1 amide bonds. The number of amides is 1. The van der Waals surface area contributed by atoms with E-state index in [4.69, 9.17) is 9.47 Å². The van der Waals surface area contributed by atoms with Gasteiger partial charge in [0.2, 0.25) is 0 Å². The third-order valence-corrected chi connectivity index (χ3v) is 6.02. The van der Waals surface area contributed by atoms with Gasteiger partial charge in [0.05, 0.1) is 23.9 Å². The first kappa shape index (κ1) is 20.9. The van der Waals surface area contributed by atoms with Crippen LogP contribution in [0, 0.1) is 13.8 Å². The first-order chi connectivity index (χ1) is 15.0. The Kier molecular flexibility index (Phi) is 5.90. The number of fused-ring (bicyclic) bond motifs is 1. The minimum atomic E-state index is -0.515. The summed E-state index contributed by atoms with van der Waals surface area (Å²) in [7, 11) is 1.64. The van der Waals surface area contributed by atoms with E-state index in [-0.39, 0.29) is 6.61 Å². The fraction of sp³-hybridized carbons (Fsp3) is 0.261. The number of ether oxygens (including phenoxy) is 2. The van der Waals surface area contributed by atoms with Crippen molar-refractivity contribution in [1.82, 2.24) is 14.8 Å². The molecule has 4 aromatic rings. The molecular weight excluding hydrogens is 412 g/mol. The second kappa shape index (κ2) is 8.77. The van der Waals surface area contributed by atoms with E-state index in [9.17, 15) is 4.79 Å². The zero-order valence-corrected chi connectivity index (χ0v) is 18.7. The smallest absolute Gasteiger partial charge is 0.412 e. The van der Waals surface area contributed by atoms with E-state index in [1.807, 2.05) is 68.0 Å². The third-order valence-electron chi connectivity index (χ3n) is 4.91. The number of hydrogen-bond donors (Lipinski definition) is 1. The summed E-state index contributed by atoms with van der Waals surface area (Å²) >= 11 is 1.39. The van der Waals surface area contributed by atoms with Crippen molar-refractivity contribution in [3.63, 3.8) is 0 Å². The summed E-state index contributed by atoms with van der Waals surface area (Å²) in [5, 5.41) is 9.73. The zero-order valence-electron chi connectivity index (χ0n) is 17.9. The Balaban J connectivity index is 1.43. The van der Waals surface area contributed by atoms with Gasteiger partial charge in [0, 0.05) is 18.1 Å². The van der Waals surface area contributed by atoms with Gasteiger partial charge in [-0.3, -0.25) is 10.00 Å². The molecule has 0 radical (unpaired) electrons. The second-order valence-electron chi connectivity index (χ2n) is 7.22. The highest BCUT2D eigenvalue weighted by molar-refractivity contribution is 7.19. The number of aromatic nitrogens is 3. The molecule has 7 nitrogen and oxygen atoms in total. The number of nitrogens with one attached hydrogen (secondary N) is 1. The van der Waals surface area contributed by atoms with E-state index in [1.165, 1.54) is 11.3 Å². The van der Waals surface area contributed by atoms with Crippen molar-refractivity contribution in [2.45, 2.75) is 33.9 Å². The van der Waals surface area contributed by atoms with Crippen molar-refractivity contribution >= 4 is 33.3 Å². The molecule has 2 heterocycles. The zero-order chi connectivity index (χ0) is 22.0. The quantitative estimate of drug-likeness (QED) is 0.428. The van der Waals surface area contributed by atoms with Crippen molar-refractivity contribution in [1.29, 1.82) is 0 Å². The van der Waals surface area contributed by atoms with Crippen LogP contribution in [0.4, 0.5) is 9.80 Å². The van der Waals surface area contributed by atoms with Crippen LogP contribution < -0.4 is 10.1 Å². The molecule has 160 valence electrons. The first-order valence-electron chi connectivity index (χ1n) is 9.99. The topological polar surface area (TPSA) is 78.3 Å². The summed E-state index contributed by atoms with van der Waals surface area (Å²) in [5.41, 5.74) is 4.56. The standard InChI is InChI=1S/C23H24N4O3S/c1-5-27-12-17-11-16(7-9-19(17)26-27)13-30-23(28)25-21-15(3)24-22(31-21)18-8-6-14(2)10-20(18)29-4/h6-12H,5,13H2,1-4H3,(H,25,28). The highest BCUT2D eigenvalue weighted by Crippen LogP contribution is 2.37. The molecule has 0 aliphatic heterocycles. The molecule has 0 atom stereocenters. The van der Waals surface area contributed by atoms with E-state index in [0.29, 0.717) is 5.00 Å². The molecule has 0 aliphatic rings. The van der Waals surface area contributed by atoms with E-state index >= 15 is 0 Å². The molecule has 0 unspecified atom stereocenters. The van der Waals surface area contributed by atoms with Crippen molar-refractivity contribution in [3.8, 4) is 16.3 Å². The molecule has 1 N–H and O–H groups in total. The van der Waals surface area contributed by atoms with Gasteiger partial charge in [0.15, 0.2) is 0 Å². The molecule has 4 rings (SSSR count). The minimum absolute atomic E-state index is 0.176. The van der Waals surface area contributed by atoms with Gasteiger partial charge >= 0.3 is 6.09 Å². The van der Waals surface area contributed by atoms with Gasteiger partial charge in [-0.1, -0.05) is 23.5 Å². The van der Waals surface area contributed by atoms with Crippen LogP contribution in [-0.2, 0) is 17.9 Å². The molecule has 31 heavy (non-hydrogen) atoms. The van der Waals surface area contributed by atoms with Crippen molar-refractivity contribution in [3.05, 3.63) is 59.4 Å². The molecule has 0 aliphatic carbocycles. The second-order valence-corrected chi connectivity index (χ2v) is 8.22. The molecule has 0 fully saturated rings. The van der Waals surface area contributed by atoms with Crippen molar-refractivity contribution in [2.75, 3.05) is 12.4 Å². The molecule has 2 aromatic carbocycles. The van der Waals surface area contributed by atoms with Crippen LogP contribution >= 0.6 is 11.3 Å². The highest BCUT2D eigenvalue weighted by atomic mass is 32.1. The summed E-state index contributed by atoms with van der Waals surface area (Å²) in [4.78, 5) is 17.0. The van der Waals surface area contributed by atoms with E-state index in [0.717, 1.165) is 50.6 Å². The average molecular weight is 437 g/mol. The van der Waals surface area contributed by atoms with Crippen LogP contribution in [0.15, 0.2) is 42.6 Å². The Labute approximate surface area is 184 Å². The largest absolute Gasteiger partial charge is 0.496 e. The van der Waals surface area contributed by atoms with Crippen LogP contribution in [0.2, 0.25) is 0 Å². The lowest BCUT2D eigenvalue weighted by Crippen LogP contribution is -2.13. The maximum absolute atomic E-state index is 12.4. The number of rotatable bonds is 6. The fourth-order valence-corrected chi connectivity index (χ4v) is 4.24. The Hall–Kier alpha value is -3.39. The van der Waals surface area contributed by atoms with Gasteiger partial charge in [0.25, 0.3) is 0 Å². The van der Waals surface area contributed by atoms with Crippen molar-refractivity contribution < 1.29 is 14.3 Å². The predicted molar refractivity (Wildman–Crippen MR) is 123 cm³/mol. The minimum Gasteiger partial charge on any atom is -0.496 e. The molecule has 0 bridgehead atoms. The van der Waals surface area contributed by atoms with Crippen LogP contribution in [0.3, 0.4) is 0 Å². The number of hydrogen-bond acceptors (Lipinski definition) is 6. The number of anilines is 1. The summed E-state index contributed by atoms with van der Waals surface area (Å²) in [6, 6.07) is 11.8. The van der Waals surface area contributed by atoms with Gasteiger partial charge in [-0.05, 0) is 56.2 Å². The Morgan fingerprint density at radius 2 is 2.03 bits per heavy atom. The number of aryl methyl sites for hydroxylation is 3. The number of methoxy groups -OCH3 is 1. The first-order valence-corrected chi connectivity index (χ1v) is 10.8. The molecule has 0 spiro atoms. The molecule has 2 aromatic heterocycles. The molecular formula is C23H24N4O3S. The van der Waals surface area contributed by atoms with Gasteiger partial charge in [-0.2, -0.15) is 5.10 Å². The lowest BCUT2D eigenvalue weighted by molar-refractivity contribution is 0.155. The number of benzene rings is 2. The SMILES string of the molecule is CCn1cc2cc(COC(=O)Nc3sc(-c4ccc(C)cc4OC)nc3C)ccc2n1. The lowest BCUT2D eigenvalue weighted by Gasteiger charge is -2.07. The predicted octanol–water partition coefficient (Wildman–Crippen LogP) is 5.55. The Morgan fingerprint density at radius 3 is 2.81 bits per heavy atom. The number of carbonyl (C=O) groups is 1. The number of thiazole rings is 1. The van der Waals surface area contributed by atoms with Gasteiger partial charge in [0.1, 0.15) is 22.4 Å². The van der Waals surface area contributed by atoms with Crippen LogP contribution in [0.25, 0.3) is 21.5 Å². The van der Waals surface area contributed by atoms with E-state index in [2.05, 4.69) is 15.4 Å². The highest BCUT2D eigenvalue weighted by Gasteiger charge is 2.16. The number of carbonyl (C=O) groups excluding carboxylic acids is 1.